The third kappa shape index (κ3) is 4.59. The Morgan fingerprint density at radius 2 is 2.24 bits per heavy atom. The van der Waals surface area contributed by atoms with Gasteiger partial charge in [-0.1, -0.05) is 45.9 Å². The molecule has 3 aromatic rings. The van der Waals surface area contributed by atoms with E-state index in [-0.39, 0.29) is 11.7 Å². The third-order valence-corrected chi connectivity index (χ3v) is 5.54. The average Bonchev–Trinajstić information content (AvgIpc) is 3.23. The van der Waals surface area contributed by atoms with Crippen LogP contribution in [0.15, 0.2) is 64.1 Å². The molecule has 0 unspecified atom stereocenters. The number of carbonyl (C=O) groups is 1. The molecule has 0 saturated carbocycles. The van der Waals surface area contributed by atoms with Gasteiger partial charge in [0, 0.05) is 16.7 Å². The number of benzene rings is 1. The number of aromatic nitrogens is 3. The molecule has 0 aliphatic carbocycles. The molecule has 0 aliphatic rings. The number of rotatable bonds is 7. The lowest BCUT2D eigenvalue weighted by molar-refractivity contribution is -0.113. The summed E-state index contributed by atoms with van der Waals surface area (Å²) < 4.78 is 2.89. The van der Waals surface area contributed by atoms with E-state index in [9.17, 15) is 4.79 Å². The topological polar surface area (TPSA) is 59.8 Å². The number of hydrogen-bond acceptors (Lipinski definition) is 5. The summed E-state index contributed by atoms with van der Waals surface area (Å²) in [5.41, 5.74) is 0.756. The standard InChI is InChI=1S/C17H15BrN4OS2/c1-2-8-22-16(14-7-4-9-24-14)20-21-17(22)25-11-15(23)19-13-6-3-5-12(18)10-13/h2-7,9-10H,1,8,11H2,(H,19,23). The summed E-state index contributed by atoms with van der Waals surface area (Å²) in [4.78, 5) is 13.2. The molecule has 0 radical (unpaired) electrons. The molecule has 0 bridgehead atoms. The van der Waals surface area contributed by atoms with Gasteiger partial charge in [-0.3, -0.25) is 9.36 Å². The highest BCUT2D eigenvalue weighted by Gasteiger charge is 2.15. The molecule has 1 amide bonds. The smallest absolute Gasteiger partial charge is 0.234 e. The predicted octanol–water partition coefficient (Wildman–Crippen LogP) is 4.69. The van der Waals surface area contributed by atoms with Crippen molar-refractivity contribution in [2.75, 3.05) is 11.1 Å². The molecular formula is C17H15BrN4OS2. The van der Waals surface area contributed by atoms with Crippen molar-refractivity contribution in [2.45, 2.75) is 11.7 Å². The highest BCUT2D eigenvalue weighted by atomic mass is 79.9. The Morgan fingerprint density at radius 1 is 1.36 bits per heavy atom. The summed E-state index contributed by atoms with van der Waals surface area (Å²) in [6.45, 7) is 4.39. The van der Waals surface area contributed by atoms with E-state index in [4.69, 9.17) is 0 Å². The molecule has 0 atom stereocenters. The summed E-state index contributed by atoms with van der Waals surface area (Å²) in [6.07, 6.45) is 1.80. The number of carbonyl (C=O) groups excluding carboxylic acids is 1. The quantitative estimate of drug-likeness (QED) is 0.432. The van der Waals surface area contributed by atoms with Crippen LogP contribution in [0.5, 0.6) is 0 Å². The number of thioether (sulfide) groups is 1. The first-order valence-electron chi connectivity index (χ1n) is 7.43. The molecule has 0 spiro atoms. The number of anilines is 1. The maximum absolute atomic E-state index is 12.2. The summed E-state index contributed by atoms with van der Waals surface area (Å²) in [6, 6.07) is 11.5. The van der Waals surface area contributed by atoms with Crippen LogP contribution in [-0.4, -0.2) is 26.4 Å². The third-order valence-electron chi connectivity index (χ3n) is 3.21. The van der Waals surface area contributed by atoms with E-state index in [1.54, 1.807) is 17.4 Å². The number of nitrogens with zero attached hydrogens (tertiary/aromatic N) is 3. The average molecular weight is 435 g/mol. The molecule has 128 valence electrons. The lowest BCUT2D eigenvalue weighted by atomic mass is 10.3. The van der Waals surface area contributed by atoms with Crippen LogP contribution in [0.3, 0.4) is 0 Å². The monoisotopic (exact) mass is 434 g/mol. The van der Waals surface area contributed by atoms with Crippen molar-refractivity contribution < 1.29 is 4.79 Å². The van der Waals surface area contributed by atoms with Crippen LogP contribution in [0.1, 0.15) is 0 Å². The Labute approximate surface area is 162 Å². The van der Waals surface area contributed by atoms with Crippen molar-refractivity contribution in [2.24, 2.45) is 0 Å². The molecule has 2 heterocycles. The largest absolute Gasteiger partial charge is 0.325 e. The Balaban J connectivity index is 1.68. The molecule has 0 fully saturated rings. The van der Waals surface area contributed by atoms with Gasteiger partial charge in [0.15, 0.2) is 11.0 Å². The van der Waals surface area contributed by atoms with Gasteiger partial charge in [0.2, 0.25) is 5.91 Å². The van der Waals surface area contributed by atoms with E-state index < -0.39 is 0 Å². The SMILES string of the molecule is C=CCn1c(SCC(=O)Nc2cccc(Br)c2)nnc1-c1cccs1. The van der Waals surface area contributed by atoms with Gasteiger partial charge in [0.05, 0.1) is 10.6 Å². The van der Waals surface area contributed by atoms with Crippen LogP contribution in [0, 0.1) is 0 Å². The van der Waals surface area contributed by atoms with Crippen LogP contribution < -0.4 is 5.32 Å². The Bertz CT molecular complexity index is 877. The zero-order valence-corrected chi connectivity index (χ0v) is 16.4. The van der Waals surface area contributed by atoms with Gasteiger partial charge in [0.25, 0.3) is 0 Å². The first kappa shape index (κ1) is 17.9. The fraction of sp³-hybridized carbons (Fsp3) is 0.118. The Morgan fingerprint density at radius 3 is 2.96 bits per heavy atom. The number of thiophene rings is 1. The molecule has 5 nitrogen and oxygen atoms in total. The molecule has 0 saturated heterocycles. The zero-order chi connectivity index (χ0) is 17.6. The molecule has 2 aromatic heterocycles. The van der Waals surface area contributed by atoms with Gasteiger partial charge in [-0.15, -0.1) is 28.1 Å². The van der Waals surface area contributed by atoms with Gasteiger partial charge < -0.3 is 5.32 Å². The Kier molecular flexibility index (Phi) is 6.06. The van der Waals surface area contributed by atoms with Crippen molar-refractivity contribution in [1.29, 1.82) is 0 Å². The van der Waals surface area contributed by atoms with Crippen LogP contribution in [0.25, 0.3) is 10.7 Å². The van der Waals surface area contributed by atoms with Crippen molar-refractivity contribution in [1.82, 2.24) is 14.8 Å². The summed E-state index contributed by atoms with van der Waals surface area (Å²) in [5.74, 6) is 0.963. The van der Waals surface area contributed by atoms with Crippen molar-refractivity contribution >= 4 is 50.6 Å². The maximum Gasteiger partial charge on any atom is 0.234 e. The van der Waals surface area contributed by atoms with Gasteiger partial charge in [-0.05, 0) is 29.6 Å². The van der Waals surface area contributed by atoms with E-state index in [2.05, 4.69) is 38.0 Å². The second kappa shape index (κ2) is 8.46. The minimum absolute atomic E-state index is 0.0890. The van der Waals surface area contributed by atoms with Gasteiger partial charge in [0.1, 0.15) is 0 Å². The van der Waals surface area contributed by atoms with E-state index in [1.807, 2.05) is 46.3 Å². The van der Waals surface area contributed by atoms with E-state index in [1.165, 1.54) is 11.8 Å². The molecule has 25 heavy (non-hydrogen) atoms. The number of nitrogens with one attached hydrogen (secondary N) is 1. The van der Waals surface area contributed by atoms with Crippen molar-refractivity contribution in [3.05, 3.63) is 58.9 Å². The van der Waals surface area contributed by atoms with Gasteiger partial charge >= 0.3 is 0 Å². The van der Waals surface area contributed by atoms with Crippen LogP contribution in [0.2, 0.25) is 0 Å². The van der Waals surface area contributed by atoms with E-state index >= 15 is 0 Å². The summed E-state index contributed by atoms with van der Waals surface area (Å²) in [7, 11) is 0. The molecule has 8 heteroatoms. The maximum atomic E-state index is 12.2. The summed E-state index contributed by atoms with van der Waals surface area (Å²) in [5, 5.41) is 14.1. The van der Waals surface area contributed by atoms with Crippen LogP contribution in [0.4, 0.5) is 5.69 Å². The van der Waals surface area contributed by atoms with Crippen molar-refractivity contribution in [3.8, 4) is 10.7 Å². The molecule has 3 rings (SSSR count). The Hall–Kier alpha value is -1.90. The first-order valence-corrected chi connectivity index (χ1v) is 10.1. The molecule has 0 aliphatic heterocycles. The first-order chi connectivity index (χ1) is 12.2. The minimum Gasteiger partial charge on any atom is -0.325 e. The number of halogens is 1. The number of allylic oxidation sites excluding steroid dienone is 1. The molecule has 1 aromatic carbocycles. The van der Waals surface area contributed by atoms with Gasteiger partial charge in [-0.25, -0.2) is 0 Å². The van der Waals surface area contributed by atoms with E-state index in [0.717, 1.165) is 20.9 Å². The number of hydrogen-bond donors (Lipinski definition) is 1. The predicted molar refractivity (Wildman–Crippen MR) is 107 cm³/mol. The summed E-state index contributed by atoms with van der Waals surface area (Å²) >= 11 is 6.35. The highest BCUT2D eigenvalue weighted by molar-refractivity contribution is 9.10. The van der Waals surface area contributed by atoms with Gasteiger partial charge in [-0.2, -0.15) is 0 Å². The van der Waals surface area contributed by atoms with Crippen LogP contribution in [-0.2, 0) is 11.3 Å². The second-order valence-corrected chi connectivity index (χ2v) is 7.84. The second-order valence-electron chi connectivity index (χ2n) is 5.03. The molecular weight excluding hydrogens is 420 g/mol. The fourth-order valence-electron chi connectivity index (χ4n) is 2.17. The molecule has 1 N–H and O–H groups in total. The lowest BCUT2D eigenvalue weighted by Gasteiger charge is -2.07. The van der Waals surface area contributed by atoms with Crippen molar-refractivity contribution in [3.63, 3.8) is 0 Å². The fourth-order valence-corrected chi connectivity index (χ4v) is 4.03. The normalized spacial score (nSPS) is 10.6. The minimum atomic E-state index is -0.0890. The number of amides is 1. The van der Waals surface area contributed by atoms with Crippen LogP contribution >= 0.6 is 39.0 Å². The van der Waals surface area contributed by atoms with E-state index in [0.29, 0.717) is 11.7 Å². The highest BCUT2D eigenvalue weighted by Crippen LogP contribution is 2.27. The zero-order valence-electron chi connectivity index (χ0n) is 13.2. The lowest BCUT2D eigenvalue weighted by Crippen LogP contribution is -2.14.